The number of allylic oxidation sites excluding steroid dienone is 2. The second-order valence-corrected chi connectivity index (χ2v) is 5.90. The minimum Gasteiger partial charge on any atom is -1.00 e. The van der Waals surface area contributed by atoms with Crippen molar-refractivity contribution in [3.8, 4) is 22.4 Å². The normalized spacial score (nSPS) is 12.7. The van der Waals surface area contributed by atoms with Gasteiger partial charge < -0.3 is 17.5 Å². The van der Waals surface area contributed by atoms with E-state index in [-0.39, 0.29) is 12.4 Å². The Bertz CT molecular complexity index is 902. The fourth-order valence-electron chi connectivity index (χ4n) is 3.16. The van der Waals surface area contributed by atoms with Crippen LogP contribution in [0.4, 0.5) is 0 Å². The highest BCUT2D eigenvalue weighted by Gasteiger charge is 2.30. The topological polar surface area (TPSA) is 24.1 Å². The summed E-state index contributed by atoms with van der Waals surface area (Å²) in [6.45, 7) is 2.53. The number of hydrogen-bond acceptors (Lipinski definition) is 1. The Balaban J connectivity index is 0.00000169. The van der Waals surface area contributed by atoms with E-state index in [0.29, 0.717) is 12.3 Å². The zero-order valence-electron chi connectivity index (χ0n) is 13.4. The molecule has 24 heavy (non-hydrogen) atoms. The first-order chi connectivity index (χ1) is 11.2. The number of pyridine rings is 1. The number of aliphatic hydroxyl groups excluding tert-OH is 1. The number of aliphatic hydroxyl groups is 1. The van der Waals surface area contributed by atoms with Crippen LogP contribution >= 0.6 is 0 Å². The van der Waals surface area contributed by atoms with E-state index in [1.807, 2.05) is 31.2 Å². The second-order valence-electron chi connectivity index (χ2n) is 5.90. The van der Waals surface area contributed by atoms with Crippen molar-refractivity contribution in [1.29, 1.82) is 0 Å². The molecule has 0 spiro atoms. The lowest BCUT2D eigenvalue weighted by atomic mass is 10.0. The van der Waals surface area contributed by atoms with Crippen LogP contribution < -0.4 is 17.0 Å². The molecule has 0 aliphatic carbocycles. The van der Waals surface area contributed by atoms with Gasteiger partial charge in [0.25, 0.3) is 0 Å². The van der Waals surface area contributed by atoms with E-state index in [2.05, 4.69) is 53.1 Å². The van der Waals surface area contributed by atoms with Crippen molar-refractivity contribution in [3.05, 3.63) is 84.2 Å². The van der Waals surface area contributed by atoms with Gasteiger partial charge in [0.15, 0.2) is 5.76 Å². The lowest BCUT2D eigenvalue weighted by molar-refractivity contribution is -0.677. The van der Waals surface area contributed by atoms with Gasteiger partial charge in [0.2, 0.25) is 17.9 Å². The van der Waals surface area contributed by atoms with Crippen molar-refractivity contribution in [2.75, 3.05) is 0 Å². The molecule has 0 saturated heterocycles. The maximum atomic E-state index is 10.2. The molecule has 0 atom stereocenters. The molecule has 2 heterocycles. The Morgan fingerprint density at radius 2 is 1.29 bits per heavy atom. The third kappa shape index (κ3) is 2.70. The van der Waals surface area contributed by atoms with Crippen LogP contribution in [0.1, 0.15) is 12.6 Å². The highest BCUT2D eigenvalue weighted by molar-refractivity contribution is 5.74. The molecule has 3 heteroatoms. The van der Waals surface area contributed by atoms with Gasteiger partial charge in [-0.3, -0.25) is 0 Å². The maximum absolute atomic E-state index is 10.2. The van der Waals surface area contributed by atoms with Crippen molar-refractivity contribution in [2.24, 2.45) is 0 Å². The summed E-state index contributed by atoms with van der Waals surface area (Å²) in [4.78, 5) is 0. The van der Waals surface area contributed by atoms with E-state index in [4.69, 9.17) is 0 Å². The van der Waals surface area contributed by atoms with Gasteiger partial charge in [0.1, 0.15) is 0 Å². The van der Waals surface area contributed by atoms with E-state index >= 15 is 0 Å². The fraction of sp³-hybridized carbons (Fsp3) is 0.0952. The van der Waals surface area contributed by atoms with Gasteiger partial charge in [-0.05, 0) is 30.2 Å². The molecule has 3 aromatic rings. The van der Waals surface area contributed by atoms with E-state index in [1.165, 1.54) is 11.1 Å². The predicted octanol–water partition coefficient (Wildman–Crippen LogP) is 1.61. The zero-order chi connectivity index (χ0) is 15.8. The number of halogens is 1. The van der Waals surface area contributed by atoms with Gasteiger partial charge in [-0.1, -0.05) is 48.5 Å². The van der Waals surface area contributed by atoms with Crippen molar-refractivity contribution < 1.29 is 22.1 Å². The van der Waals surface area contributed by atoms with Gasteiger partial charge in [0.05, 0.1) is 5.57 Å². The van der Waals surface area contributed by atoms with Crippen molar-refractivity contribution >= 4 is 5.57 Å². The highest BCUT2D eigenvalue weighted by atomic mass is 35.5. The highest BCUT2D eigenvalue weighted by Crippen LogP contribution is 2.30. The number of aromatic nitrogens is 1. The minimum atomic E-state index is 0. The average molecular weight is 336 g/mol. The summed E-state index contributed by atoms with van der Waals surface area (Å²) < 4.78 is 2.19. The molecular formula is C21H18ClNO. The summed E-state index contributed by atoms with van der Waals surface area (Å²) >= 11 is 0. The Labute approximate surface area is 148 Å². The molecule has 0 amide bonds. The fourth-order valence-corrected chi connectivity index (χ4v) is 3.16. The van der Waals surface area contributed by atoms with Crippen LogP contribution in [-0.2, 0) is 6.54 Å². The SMILES string of the molecule is CC1=C(O)C[n+]2c1cc(-c1ccccc1)cc2-c1ccccc1.[Cl-]. The Kier molecular flexibility index (Phi) is 4.41. The first kappa shape index (κ1) is 16.3. The monoisotopic (exact) mass is 335 g/mol. The minimum absolute atomic E-state index is 0. The van der Waals surface area contributed by atoms with Gasteiger partial charge in [-0.2, -0.15) is 4.57 Å². The second kappa shape index (κ2) is 6.50. The molecule has 0 fully saturated rings. The quantitative estimate of drug-likeness (QED) is 0.707. The summed E-state index contributed by atoms with van der Waals surface area (Å²) in [5.41, 5.74) is 6.69. The predicted molar refractivity (Wildman–Crippen MR) is 92.7 cm³/mol. The molecule has 1 N–H and O–H groups in total. The summed E-state index contributed by atoms with van der Waals surface area (Å²) in [5.74, 6) is 0.451. The molecule has 0 saturated carbocycles. The molecular weight excluding hydrogens is 318 g/mol. The Morgan fingerprint density at radius 1 is 0.750 bits per heavy atom. The number of hydrogen-bond donors (Lipinski definition) is 1. The van der Waals surface area contributed by atoms with E-state index < -0.39 is 0 Å². The number of nitrogens with zero attached hydrogens (tertiary/aromatic N) is 1. The summed E-state index contributed by atoms with van der Waals surface area (Å²) in [5, 5.41) is 10.2. The molecule has 1 aromatic heterocycles. The molecule has 0 radical (unpaired) electrons. The van der Waals surface area contributed by atoms with Crippen LogP contribution in [0.3, 0.4) is 0 Å². The molecule has 1 aliphatic heterocycles. The molecule has 1 aliphatic rings. The molecule has 120 valence electrons. The Morgan fingerprint density at radius 3 is 1.92 bits per heavy atom. The zero-order valence-corrected chi connectivity index (χ0v) is 14.2. The smallest absolute Gasteiger partial charge is 0.214 e. The van der Waals surface area contributed by atoms with Crippen molar-refractivity contribution in [3.63, 3.8) is 0 Å². The average Bonchev–Trinajstić information content (AvgIpc) is 2.90. The van der Waals surface area contributed by atoms with Crippen LogP contribution in [-0.4, -0.2) is 5.11 Å². The van der Waals surface area contributed by atoms with Crippen LogP contribution in [0.5, 0.6) is 0 Å². The first-order valence-corrected chi connectivity index (χ1v) is 7.82. The molecule has 2 aromatic carbocycles. The third-order valence-corrected chi connectivity index (χ3v) is 4.47. The van der Waals surface area contributed by atoms with E-state index in [1.54, 1.807) is 0 Å². The Hall–Kier alpha value is -2.58. The van der Waals surface area contributed by atoms with Gasteiger partial charge in [-0.25, -0.2) is 0 Å². The number of fused-ring (bicyclic) bond motifs is 1. The van der Waals surface area contributed by atoms with Crippen LogP contribution in [0.25, 0.3) is 28.0 Å². The van der Waals surface area contributed by atoms with Crippen LogP contribution in [0.2, 0.25) is 0 Å². The van der Waals surface area contributed by atoms with Crippen molar-refractivity contribution in [1.82, 2.24) is 0 Å². The van der Waals surface area contributed by atoms with Crippen LogP contribution in [0.15, 0.2) is 78.6 Å². The molecule has 4 rings (SSSR count). The molecule has 0 bridgehead atoms. The summed E-state index contributed by atoms with van der Waals surface area (Å²) in [6, 6.07) is 25.1. The molecule has 0 unspecified atom stereocenters. The van der Waals surface area contributed by atoms with Gasteiger partial charge >= 0.3 is 0 Å². The lowest BCUT2D eigenvalue weighted by Gasteiger charge is -2.08. The maximum Gasteiger partial charge on any atom is 0.214 e. The number of rotatable bonds is 2. The third-order valence-electron chi connectivity index (χ3n) is 4.47. The first-order valence-electron chi connectivity index (χ1n) is 7.82. The van der Waals surface area contributed by atoms with Gasteiger partial charge in [-0.15, -0.1) is 0 Å². The summed E-state index contributed by atoms with van der Waals surface area (Å²) in [6.07, 6.45) is 0. The van der Waals surface area contributed by atoms with Crippen molar-refractivity contribution in [2.45, 2.75) is 13.5 Å². The number of benzene rings is 2. The summed E-state index contributed by atoms with van der Waals surface area (Å²) in [7, 11) is 0. The van der Waals surface area contributed by atoms with Crippen LogP contribution in [0, 0.1) is 0 Å². The molecule has 2 nitrogen and oxygen atoms in total. The lowest BCUT2D eigenvalue weighted by Crippen LogP contribution is -3.00. The van der Waals surface area contributed by atoms with E-state index in [9.17, 15) is 5.11 Å². The largest absolute Gasteiger partial charge is 1.00 e. The van der Waals surface area contributed by atoms with Gasteiger partial charge in [0, 0.05) is 17.7 Å². The van der Waals surface area contributed by atoms with E-state index in [0.717, 1.165) is 22.5 Å². The standard InChI is InChI=1S/C21H17NO.ClH/c1-15-19-12-18(16-8-4-2-5-9-16)13-20(22(19)14-21(15)23)17-10-6-3-7-11-17;/h2-13H,14H2,1H3;1H.